The molecule has 5 rings (SSSR count). The summed E-state index contributed by atoms with van der Waals surface area (Å²) in [6.07, 6.45) is 5.69. The van der Waals surface area contributed by atoms with Crippen molar-refractivity contribution in [2.24, 2.45) is 5.92 Å². The summed E-state index contributed by atoms with van der Waals surface area (Å²) >= 11 is 1.63. The van der Waals surface area contributed by atoms with Gasteiger partial charge >= 0.3 is 0 Å². The van der Waals surface area contributed by atoms with Crippen molar-refractivity contribution in [3.63, 3.8) is 0 Å². The molecule has 2 fully saturated rings. The predicted molar refractivity (Wildman–Crippen MR) is 111 cm³/mol. The molecule has 6 nitrogen and oxygen atoms in total. The first-order valence-corrected chi connectivity index (χ1v) is 11.1. The van der Waals surface area contributed by atoms with Crippen molar-refractivity contribution in [3.05, 3.63) is 46.5 Å². The molecular weight excluding hydrogens is 370 g/mol. The molecule has 28 heavy (non-hydrogen) atoms. The number of carbonyl (C=O) groups is 1. The highest BCUT2D eigenvalue weighted by Gasteiger charge is 2.41. The highest BCUT2D eigenvalue weighted by molar-refractivity contribution is 7.15. The van der Waals surface area contributed by atoms with E-state index < -0.39 is 0 Å². The number of aromatic nitrogens is 1. The van der Waals surface area contributed by atoms with Gasteiger partial charge in [0.15, 0.2) is 5.13 Å². The van der Waals surface area contributed by atoms with E-state index in [0.717, 1.165) is 49.7 Å². The molecule has 2 aliphatic heterocycles. The lowest BCUT2D eigenvalue weighted by Gasteiger charge is -2.26. The quantitative estimate of drug-likeness (QED) is 0.740. The molecule has 1 amide bonds. The van der Waals surface area contributed by atoms with Crippen LogP contribution in [0.15, 0.2) is 30.3 Å². The molecule has 1 aromatic heterocycles. The summed E-state index contributed by atoms with van der Waals surface area (Å²) in [7, 11) is 0. The van der Waals surface area contributed by atoms with E-state index in [1.54, 1.807) is 11.3 Å². The molecule has 7 heteroatoms. The summed E-state index contributed by atoms with van der Waals surface area (Å²) in [5, 5.41) is 3.83. The van der Waals surface area contributed by atoms with Gasteiger partial charge in [-0.3, -0.25) is 15.1 Å². The fourth-order valence-corrected chi connectivity index (χ4v) is 5.82. The van der Waals surface area contributed by atoms with Crippen LogP contribution in [0.3, 0.4) is 0 Å². The number of nitrogens with one attached hydrogen (secondary N) is 3. The lowest BCUT2D eigenvalue weighted by molar-refractivity contribution is -0.118. The van der Waals surface area contributed by atoms with Gasteiger partial charge in [0.25, 0.3) is 0 Å². The minimum atomic E-state index is -0.152. The Bertz CT molecular complexity index is 839. The van der Waals surface area contributed by atoms with Gasteiger partial charge in [0.2, 0.25) is 5.91 Å². The number of rotatable bonds is 4. The second-order valence-electron chi connectivity index (χ2n) is 8.15. The first kappa shape index (κ1) is 18.2. The standard InChI is InChI=1S/C21H27N5OS/c27-20(19-15-8-4-5-9-16(15)24-25-19)23-21-22-17-10-11-26(13-18(17)28-21)12-14-6-2-1-3-7-14/h1-3,6-7,15-16,19,24-25H,4-5,8-13H2,(H,22,23,27). The number of hydrazine groups is 1. The number of carbonyl (C=O) groups excluding carboxylic acids is 1. The predicted octanol–water partition coefficient (Wildman–Crippen LogP) is 2.68. The summed E-state index contributed by atoms with van der Waals surface area (Å²) in [6.45, 7) is 2.88. The second kappa shape index (κ2) is 7.91. The number of thiazole rings is 1. The average molecular weight is 398 g/mol. The van der Waals surface area contributed by atoms with Crippen LogP contribution in [-0.4, -0.2) is 34.4 Å². The molecule has 1 saturated carbocycles. The van der Waals surface area contributed by atoms with E-state index in [2.05, 4.69) is 51.4 Å². The van der Waals surface area contributed by atoms with E-state index in [0.29, 0.717) is 12.0 Å². The van der Waals surface area contributed by atoms with Crippen molar-refractivity contribution < 1.29 is 4.79 Å². The van der Waals surface area contributed by atoms with Gasteiger partial charge in [-0.25, -0.2) is 10.4 Å². The fourth-order valence-electron chi connectivity index (χ4n) is 4.76. The van der Waals surface area contributed by atoms with Gasteiger partial charge in [0.05, 0.1) is 5.69 Å². The van der Waals surface area contributed by atoms with Crippen LogP contribution in [0.5, 0.6) is 0 Å². The SMILES string of the molecule is O=C(Nc1nc2c(s1)CN(Cc1ccccc1)CC2)C1NNC2CCCCC21. The summed E-state index contributed by atoms with van der Waals surface area (Å²) in [5.41, 5.74) is 9.03. The Morgan fingerprint density at radius 1 is 1.21 bits per heavy atom. The molecule has 1 aromatic carbocycles. The van der Waals surface area contributed by atoms with Gasteiger partial charge in [0.1, 0.15) is 6.04 Å². The average Bonchev–Trinajstić information content (AvgIpc) is 3.32. The molecular formula is C21H27N5OS. The Labute approximate surface area is 169 Å². The largest absolute Gasteiger partial charge is 0.301 e. The van der Waals surface area contributed by atoms with E-state index in [1.165, 1.54) is 23.3 Å². The summed E-state index contributed by atoms with van der Waals surface area (Å²) < 4.78 is 0. The third-order valence-electron chi connectivity index (χ3n) is 6.24. The van der Waals surface area contributed by atoms with Crippen LogP contribution < -0.4 is 16.2 Å². The molecule has 2 aromatic rings. The van der Waals surface area contributed by atoms with Crippen molar-refractivity contribution in [2.45, 2.75) is 57.3 Å². The minimum absolute atomic E-state index is 0.0501. The fraction of sp³-hybridized carbons (Fsp3) is 0.524. The normalized spacial score (nSPS) is 27.2. The lowest BCUT2D eigenvalue weighted by atomic mass is 9.81. The Balaban J connectivity index is 1.22. The number of benzene rings is 1. The van der Waals surface area contributed by atoms with Crippen LogP contribution in [0, 0.1) is 5.92 Å². The van der Waals surface area contributed by atoms with Crippen molar-refractivity contribution >= 4 is 22.4 Å². The van der Waals surface area contributed by atoms with E-state index in [-0.39, 0.29) is 11.9 Å². The molecule has 3 heterocycles. The molecule has 3 atom stereocenters. The molecule has 1 saturated heterocycles. The molecule has 3 aliphatic rings. The van der Waals surface area contributed by atoms with E-state index in [9.17, 15) is 4.79 Å². The molecule has 0 radical (unpaired) electrons. The zero-order valence-electron chi connectivity index (χ0n) is 16.0. The highest BCUT2D eigenvalue weighted by atomic mass is 32.1. The zero-order valence-corrected chi connectivity index (χ0v) is 16.8. The van der Waals surface area contributed by atoms with E-state index in [4.69, 9.17) is 4.98 Å². The molecule has 0 spiro atoms. The van der Waals surface area contributed by atoms with Crippen molar-refractivity contribution in [3.8, 4) is 0 Å². The lowest BCUT2D eigenvalue weighted by Crippen LogP contribution is -2.42. The third-order valence-corrected chi connectivity index (χ3v) is 7.24. The third kappa shape index (κ3) is 3.72. The first-order valence-electron chi connectivity index (χ1n) is 10.3. The van der Waals surface area contributed by atoms with Crippen LogP contribution in [0.25, 0.3) is 0 Å². The number of hydrogen-bond donors (Lipinski definition) is 3. The first-order chi connectivity index (χ1) is 13.8. The minimum Gasteiger partial charge on any atom is -0.301 e. The van der Waals surface area contributed by atoms with Gasteiger partial charge in [-0.05, 0) is 18.4 Å². The van der Waals surface area contributed by atoms with Gasteiger partial charge in [0, 0.05) is 42.9 Å². The Morgan fingerprint density at radius 2 is 2.07 bits per heavy atom. The number of anilines is 1. The number of amides is 1. The number of hydrogen-bond acceptors (Lipinski definition) is 6. The molecule has 1 aliphatic carbocycles. The summed E-state index contributed by atoms with van der Waals surface area (Å²) in [4.78, 5) is 21.3. The maximum Gasteiger partial charge on any atom is 0.244 e. The monoisotopic (exact) mass is 397 g/mol. The zero-order chi connectivity index (χ0) is 18.9. The topological polar surface area (TPSA) is 69.3 Å². The Hall–Kier alpha value is -1.80. The number of fused-ring (bicyclic) bond motifs is 2. The maximum absolute atomic E-state index is 12.8. The van der Waals surface area contributed by atoms with E-state index >= 15 is 0 Å². The van der Waals surface area contributed by atoms with Crippen LogP contribution in [0.2, 0.25) is 0 Å². The molecule has 0 bridgehead atoms. The van der Waals surface area contributed by atoms with Crippen LogP contribution in [0.4, 0.5) is 5.13 Å². The van der Waals surface area contributed by atoms with Crippen LogP contribution >= 0.6 is 11.3 Å². The molecule has 3 unspecified atom stereocenters. The number of nitrogens with zero attached hydrogens (tertiary/aromatic N) is 2. The van der Waals surface area contributed by atoms with Crippen LogP contribution in [0.1, 0.15) is 41.8 Å². The van der Waals surface area contributed by atoms with E-state index in [1.807, 2.05) is 0 Å². The van der Waals surface area contributed by atoms with Crippen molar-refractivity contribution in [1.29, 1.82) is 0 Å². The Kier molecular flexibility index (Phi) is 5.15. The van der Waals surface area contributed by atoms with Gasteiger partial charge < -0.3 is 5.32 Å². The summed E-state index contributed by atoms with van der Waals surface area (Å²) in [6, 6.07) is 10.9. The van der Waals surface area contributed by atoms with Crippen molar-refractivity contribution in [2.75, 3.05) is 11.9 Å². The smallest absolute Gasteiger partial charge is 0.244 e. The summed E-state index contributed by atoms with van der Waals surface area (Å²) in [5.74, 6) is 0.443. The van der Waals surface area contributed by atoms with Crippen molar-refractivity contribution in [1.82, 2.24) is 20.7 Å². The second-order valence-corrected chi connectivity index (χ2v) is 9.23. The van der Waals surface area contributed by atoms with Crippen LogP contribution in [-0.2, 0) is 24.3 Å². The Morgan fingerprint density at radius 3 is 2.96 bits per heavy atom. The molecule has 148 valence electrons. The maximum atomic E-state index is 12.8. The molecule has 3 N–H and O–H groups in total. The highest BCUT2D eigenvalue weighted by Crippen LogP contribution is 2.32. The van der Waals surface area contributed by atoms with Gasteiger partial charge in [-0.1, -0.05) is 43.2 Å². The van der Waals surface area contributed by atoms with Gasteiger partial charge in [-0.2, -0.15) is 0 Å². The van der Waals surface area contributed by atoms with Gasteiger partial charge in [-0.15, -0.1) is 11.3 Å².